The number of benzene rings is 1. The summed E-state index contributed by atoms with van der Waals surface area (Å²) < 4.78 is 13.0. The monoisotopic (exact) mass is 399 g/mol. The Kier molecular flexibility index (Phi) is 8.09. The lowest BCUT2D eigenvalue weighted by Gasteiger charge is -2.20. The fourth-order valence-electron chi connectivity index (χ4n) is 2.64. The van der Waals surface area contributed by atoms with Crippen LogP contribution in [0.1, 0.15) is 45.8 Å². The minimum atomic E-state index is -0.351. The highest BCUT2D eigenvalue weighted by atomic mass is 32.1. The van der Waals surface area contributed by atoms with Crippen LogP contribution in [0.5, 0.6) is 0 Å². The fraction of sp³-hybridized carbons (Fsp3) is 0.318. The molecule has 0 aliphatic heterocycles. The molecule has 146 valence electrons. The molecule has 0 spiro atoms. The number of nitrogens with zero attached hydrogens (tertiary/aromatic N) is 1. The Morgan fingerprint density at radius 1 is 1.04 bits per heavy atom. The molecule has 0 bridgehead atoms. The lowest BCUT2D eigenvalue weighted by molar-refractivity contribution is -0.133. The van der Waals surface area contributed by atoms with Crippen LogP contribution in [0.4, 0.5) is 4.39 Å². The normalized spacial score (nSPS) is 10.3. The second-order valence-corrected chi connectivity index (χ2v) is 7.74. The van der Waals surface area contributed by atoms with Gasteiger partial charge in [-0.15, -0.1) is 17.8 Å². The van der Waals surface area contributed by atoms with E-state index in [2.05, 4.69) is 5.92 Å². The number of ketones is 2. The van der Waals surface area contributed by atoms with E-state index in [1.165, 1.54) is 28.4 Å². The second-order valence-electron chi connectivity index (χ2n) is 6.45. The molecule has 2 aromatic rings. The first-order valence-corrected chi connectivity index (χ1v) is 9.77. The molecule has 1 heterocycles. The fourth-order valence-corrected chi connectivity index (χ4v) is 3.48. The molecule has 0 N–H and O–H groups in total. The first-order valence-electron chi connectivity index (χ1n) is 8.96. The van der Waals surface area contributed by atoms with Crippen molar-refractivity contribution in [2.45, 2.75) is 39.2 Å². The van der Waals surface area contributed by atoms with Crippen LogP contribution in [0.3, 0.4) is 0 Å². The van der Waals surface area contributed by atoms with Gasteiger partial charge in [0.1, 0.15) is 11.6 Å². The highest BCUT2D eigenvalue weighted by molar-refractivity contribution is 7.14. The molecule has 0 fully saturated rings. The van der Waals surface area contributed by atoms with Crippen LogP contribution in [-0.2, 0) is 16.1 Å². The molecule has 0 atom stereocenters. The van der Waals surface area contributed by atoms with E-state index in [0.29, 0.717) is 4.88 Å². The van der Waals surface area contributed by atoms with Gasteiger partial charge >= 0.3 is 0 Å². The maximum Gasteiger partial charge on any atom is 0.224 e. The number of amides is 1. The van der Waals surface area contributed by atoms with Crippen LogP contribution in [0.15, 0.2) is 36.4 Å². The van der Waals surface area contributed by atoms with Crippen molar-refractivity contribution in [3.63, 3.8) is 0 Å². The van der Waals surface area contributed by atoms with Crippen LogP contribution >= 0.6 is 11.3 Å². The molecule has 1 amide bonds. The van der Waals surface area contributed by atoms with Gasteiger partial charge in [0.2, 0.25) is 5.91 Å². The largest absolute Gasteiger partial charge is 0.327 e. The van der Waals surface area contributed by atoms with Crippen molar-refractivity contribution in [2.75, 3.05) is 6.54 Å². The number of aryl methyl sites for hydroxylation is 1. The maximum absolute atomic E-state index is 13.0. The van der Waals surface area contributed by atoms with Crippen molar-refractivity contribution >= 4 is 28.8 Å². The van der Waals surface area contributed by atoms with Crippen molar-refractivity contribution < 1.29 is 18.8 Å². The van der Waals surface area contributed by atoms with Gasteiger partial charge in [-0.25, -0.2) is 4.39 Å². The van der Waals surface area contributed by atoms with Crippen molar-refractivity contribution in [3.8, 4) is 12.3 Å². The van der Waals surface area contributed by atoms with Gasteiger partial charge in [-0.2, -0.15) is 0 Å². The average molecular weight is 399 g/mol. The summed E-state index contributed by atoms with van der Waals surface area (Å²) in [5.41, 5.74) is 0.758. The van der Waals surface area contributed by atoms with E-state index in [1.54, 1.807) is 18.2 Å². The summed E-state index contributed by atoms with van der Waals surface area (Å²) in [4.78, 5) is 39.7. The molecular formula is C22H22FNO3S. The van der Waals surface area contributed by atoms with Crippen molar-refractivity contribution in [2.24, 2.45) is 0 Å². The summed E-state index contributed by atoms with van der Waals surface area (Å²) in [5.74, 6) is 1.66. The van der Waals surface area contributed by atoms with E-state index in [-0.39, 0.29) is 62.1 Å². The van der Waals surface area contributed by atoms with E-state index in [0.717, 1.165) is 10.4 Å². The number of thiophene rings is 1. The van der Waals surface area contributed by atoms with Crippen LogP contribution in [0, 0.1) is 25.1 Å². The first kappa shape index (κ1) is 21.5. The zero-order valence-corrected chi connectivity index (χ0v) is 16.6. The first-order chi connectivity index (χ1) is 13.4. The molecule has 0 radical (unpaired) electrons. The molecule has 0 saturated carbocycles. The summed E-state index contributed by atoms with van der Waals surface area (Å²) in [6.07, 6.45) is 5.71. The summed E-state index contributed by atoms with van der Waals surface area (Å²) in [7, 11) is 0. The number of rotatable bonds is 10. The SMILES string of the molecule is C#CCN(Cc1ccc(F)cc1)C(=O)CCC(=O)CCC(=O)c1ccc(C)s1. The van der Waals surface area contributed by atoms with E-state index < -0.39 is 0 Å². The zero-order valence-electron chi connectivity index (χ0n) is 15.7. The van der Waals surface area contributed by atoms with Crippen LogP contribution < -0.4 is 0 Å². The summed E-state index contributed by atoms with van der Waals surface area (Å²) in [6, 6.07) is 9.47. The second kappa shape index (κ2) is 10.5. The van der Waals surface area contributed by atoms with Crippen molar-refractivity contribution in [1.29, 1.82) is 0 Å². The number of carbonyl (C=O) groups is 3. The third-order valence-corrected chi connectivity index (χ3v) is 5.23. The molecule has 1 aromatic carbocycles. The lowest BCUT2D eigenvalue weighted by atomic mass is 10.1. The van der Waals surface area contributed by atoms with Gasteiger partial charge in [0.25, 0.3) is 0 Å². The predicted octanol–water partition coefficient (Wildman–Crippen LogP) is 4.17. The molecule has 6 heteroatoms. The minimum Gasteiger partial charge on any atom is -0.327 e. The number of carbonyl (C=O) groups excluding carboxylic acids is 3. The third kappa shape index (κ3) is 6.75. The molecule has 0 aliphatic rings. The summed E-state index contributed by atoms with van der Waals surface area (Å²) in [6.45, 7) is 2.29. The molecule has 0 aliphatic carbocycles. The van der Waals surface area contributed by atoms with E-state index >= 15 is 0 Å². The smallest absolute Gasteiger partial charge is 0.224 e. The Balaban J connectivity index is 1.80. The molecule has 4 nitrogen and oxygen atoms in total. The Hall–Kier alpha value is -2.78. The number of hydrogen-bond donors (Lipinski definition) is 0. The highest BCUT2D eigenvalue weighted by Gasteiger charge is 2.16. The van der Waals surface area contributed by atoms with Crippen LogP contribution in [0.25, 0.3) is 0 Å². The molecule has 0 unspecified atom stereocenters. The Bertz CT molecular complexity index is 880. The number of hydrogen-bond acceptors (Lipinski definition) is 4. The van der Waals surface area contributed by atoms with Crippen molar-refractivity contribution in [1.82, 2.24) is 4.90 Å². The molecule has 0 saturated heterocycles. The van der Waals surface area contributed by atoms with E-state index in [9.17, 15) is 18.8 Å². The molecule has 2 rings (SSSR count). The summed E-state index contributed by atoms with van der Waals surface area (Å²) >= 11 is 1.41. The third-order valence-electron chi connectivity index (χ3n) is 4.19. The predicted molar refractivity (Wildman–Crippen MR) is 108 cm³/mol. The van der Waals surface area contributed by atoms with E-state index in [4.69, 9.17) is 6.42 Å². The molecular weight excluding hydrogens is 377 g/mol. The maximum atomic E-state index is 13.0. The quantitative estimate of drug-likeness (QED) is 0.445. The zero-order chi connectivity index (χ0) is 20.5. The number of Topliss-reactive ketones (excluding diaryl/α,β-unsaturated/α-hetero) is 2. The van der Waals surface area contributed by atoms with Gasteiger partial charge < -0.3 is 4.90 Å². The summed E-state index contributed by atoms with van der Waals surface area (Å²) in [5, 5.41) is 0. The molecule has 1 aromatic heterocycles. The van der Waals surface area contributed by atoms with Gasteiger partial charge in [0.05, 0.1) is 11.4 Å². The van der Waals surface area contributed by atoms with Gasteiger partial charge in [0, 0.05) is 37.1 Å². The Morgan fingerprint density at radius 3 is 2.32 bits per heavy atom. The van der Waals surface area contributed by atoms with Gasteiger partial charge in [-0.1, -0.05) is 18.1 Å². The number of halogens is 1. The highest BCUT2D eigenvalue weighted by Crippen LogP contribution is 2.18. The van der Waals surface area contributed by atoms with Gasteiger partial charge in [-0.3, -0.25) is 14.4 Å². The Labute approximate surface area is 168 Å². The molecule has 28 heavy (non-hydrogen) atoms. The van der Waals surface area contributed by atoms with Crippen LogP contribution in [0.2, 0.25) is 0 Å². The van der Waals surface area contributed by atoms with Gasteiger partial charge in [0.15, 0.2) is 5.78 Å². The van der Waals surface area contributed by atoms with E-state index in [1.807, 2.05) is 13.0 Å². The number of terminal acetylenes is 1. The topological polar surface area (TPSA) is 54.5 Å². The average Bonchev–Trinajstić information content (AvgIpc) is 3.12. The Morgan fingerprint density at radius 2 is 1.71 bits per heavy atom. The van der Waals surface area contributed by atoms with Crippen LogP contribution in [-0.4, -0.2) is 28.9 Å². The van der Waals surface area contributed by atoms with Gasteiger partial charge in [-0.05, 0) is 36.8 Å². The van der Waals surface area contributed by atoms with Crippen molar-refractivity contribution in [3.05, 3.63) is 57.5 Å². The lowest BCUT2D eigenvalue weighted by Crippen LogP contribution is -2.31. The minimum absolute atomic E-state index is 0.0357. The standard InChI is InChI=1S/C22H22FNO3S/c1-3-14-24(15-17-5-7-18(23)8-6-17)22(27)13-10-19(25)9-11-20(26)21-12-4-16(2)28-21/h1,4-8,12H,9-11,13-15H2,2H3.